The largest absolute Gasteiger partial charge is 0.479 e. The van der Waals surface area contributed by atoms with Crippen LogP contribution in [0.15, 0.2) is 36.4 Å². The van der Waals surface area contributed by atoms with E-state index >= 15 is 0 Å². The van der Waals surface area contributed by atoms with Crippen LogP contribution in [0, 0.1) is 19.3 Å². The van der Waals surface area contributed by atoms with Crippen molar-refractivity contribution < 1.29 is 14.6 Å². The molecular weight excluding hydrogens is 658 g/mol. The van der Waals surface area contributed by atoms with Crippen LogP contribution in [0.1, 0.15) is 99.9 Å². The van der Waals surface area contributed by atoms with Gasteiger partial charge in [-0.2, -0.15) is 0 Å². The number of fused-ring (bicyclic) bond motifs is 1. The molecule has 2 N–H and O–H groups in total. The number of aromatic nitrogens is 1. The summed E-state index contributed by atoms with van der Waals surface area (Å²) in [6.45, 7) is 20.9. The molecule has 1 atom stereocenters. The van der Waals surface area contributed by atoms with E-state index in [4.69, 9.17) is 21.3 Å². The molecule has 4 heterocycles. The van der Waals surface area contributed by atoms with Crippen molar-refractivity contribution in [3.63, 3.8) is 0 Å². The summed E-state index contributed by atoms with van der Waals surface area (Å²) in [6.07, 6.45) is 3.87. The van der Waals surface area contributed by atoms with Gasteiger partial charge in [-0.05, 0) is 126 Å². The van der Waals surface area contributed by atoms with Crippen molar-refractivity contribution >= 4 is 29.1 Å². The lowest BCUT2D eigenvalue weighted by Gasteiger charge is -2.41. The molecule has 6 rings (SSSR count). The number of anilines is 2. The summed E-state index contributed by atoms with van der Waals surface area (Å²) in [7, 11) is 2.18. The highest BCUT2D eigenvalue weighted by atomic mass is 35.5. The number of ether oxygens (including phenoxy) is 1. The number of aryl methyl sites for hydroxylation is 2. The molecule has 8 nitrogen and oxygen atoms in total. The molecule has 1 aromatic heterocycles. The molecule has 51 heavy (non-hydrogen) atoms. The fraction of sp³-hybridized carbons (Fsp3) is 0.571. The number of carbonyl (C=O) groups is 1. The Morgan fingerprint density at radius 2 is 1.76 bits per heavy atom. The number of rotatable bonds is 9. The predicted octanol–water partition coefficient (Wildman–Crippen LogP) is 8.65. The maximum Gasteiger partial charge on any atom is 0.337 e. The topological polar surface area (TPSA) is 81.2 Å². The number of hydrogen-bond donors (Lipinski definition) is 2. The molecule has 0 saturated carbocycles. The molecule has 3 aliphatic heterocycles. The lowest BCUT2D eigenvalue weighted by molar-refractivity contribution is -0.160. The minimum Gasteiger partial charge on any atom is -0.479 e. The molecule has 276 valence electrons. The number of hydrogen-bond acceptors (Lipinski definition) is 7. The van der Waals surface area contributed by atoms with Crippen molar-refractivity contribution in [2.24, 2.45) is 5.41 Å². The summed E-state index contributed by atoms with van der Waals surface area (Å²) in [5.74, 6) is -0.146. The molecule has 0 aliphatic carbocycles. The van der Waals surface area contributed by atoms with Crippen LogP contribution >= 0.6 is 11.6 Å². The van der Waals surface area contributed by atoms with Gasteiger partial charge in [-0.3, -0.25) is 4.90 Å². The number of nitrogens with zero attached hydrogens (tertiary/aromatic N) is 4. The number of benzene rings is 2. The third kappa shape index (κ3) is 8.73. The van der Waals surface area contributed by atoms with Crippen molar-refractivity contribution in [3.05, 3.63) is 74.9 Å². The van der Waals surface area contributed by atoms with Gasteiger partial charge in [0.15, 0.2) is 6.10 Å². The smallest absolute Gasteiger partial charge is 0.337 e. The summed E-state index contributed by atoms with van der Waals surface area (Å²) >= 11 is 6.63. The molecule has 2 saturated heterocycles. The highest BCUT2D eigenvalue weighted by Crippen LogP contribution is 2.47. The Bertz CT molecular complexity index is 1710. The Morgan fingerprint density at radius 1 is 1.06 bits per heavy atom. The zero-order valence-corrected chi connectivity index (χ0v) is 32.8. The zero-order valence-electron chi connectivity index (χ0n) is 32.0. The van der Waals surface area contributed by atoms with Crippen molar-refractivity contribution in [1.82, 2.24) is 14.8 Å². The molecule has 3 aliphatic rings. The van der Waals surface area contributed by atoms with Crippen LogP contribution < -0.4 is 10.2 Å². The van der Waals surface area contributed by atoms with Crippen molar-refractivity contribution in [2.45, 2.75) is 111 Å². The van der Waals surface area contributed by atoms with E-state index in [1.54, 1.807) is 0 Å². The predicted molar refractivity (Wildman–Crippen MR) is 209 cm³/mol. The number of carboxylic acids is 1. The summed E-state index contributed by atoms with van der Waals surface area (Å²) in [5.41, 5.74) is 9.03. The van der Waals surface area contributed by atoms with Crippen LogP contribution in [-0.2, 0) is 29.0 Å². The van der Waals surface area contributed by atoms with Gasteiger partial charge in [0.25, 0.3) is 0 Å². The Kier molecular flexibility index (Phi) is 11.1. The molecule has 0 spiro atoms. The van der Waals surface area contributed by atoms with E-state index in [1.807, 2.05) is 39.8 Å². The van der Waals surface area contributed by atoms with Gasteiger partial charge in [-0.15, -0.1) is 0 Å². The second kappa shape index (κ2) is 15.1. The normalized spacial score (nSPS) is 19.5. The van der Waals surface area contributed by atoms with Gasteiger partial charge in [0, 0.05) is 60.6 Å². The van der Waals surface area contributed by atoms with Gasteiger partial charge in [0.2, 0.25) is 0 Å². The summed E-state index contributed by atoms with van der Waals surface area (Å²) < 4.78 is 6.39. The number of halogens is 1. The average Bonchev–Trinajstić information content (AvgIpc) is 3.06. The van der Waals surface area contributed by atoms with Crippen molar-refractivity contribution in [2.75, 3.05) is 50.0 Å². The first-order valence-electron chi connectivity index (χ1n) is 18.8. The molecule has 0 bridgehead atoms. The molecule has 9 heteroatoms. The van der Waals surface area contributed by atoms with Gasteiger partial charge in [-0.25, -0.2) is 9.78 Å². The van der Waals surface area contributed by atoms with Gasteiger partial charge in [0.1, 0.15) is 5.82 Å². The monoisotopic (exact) mass is 715 g/mol. The third-order valence-electron chi connectivity index (χ3n) is 11.2. The maximum atomic E-state index is 13.1. The third-order valence-corrected chi connectivity index (χ3v) is 11.5. The second-order valence-corrected chi connectivity index (χ2v) is 17.4. The lowest BCUT2D eigenvalue weighted by Crippen LogP contribution is -2.40. The molecule has 0 radical (unpaired) electrons. The summed E-state index contributed by atoms with van der Waals surface area (Å²) in [4.78, 5) is 25.7. The average molecular weight is 716 g/mol. The van der Waals surface area contributed by atoms with Crippen LogP contribution in [0.5, 0.6) is 0 Å². The van der Waals surface area contributed by atoms with E-state index in [-0.39, 0.29) is 11.5 Å². The number of carboxylic acid groups (broad SMARTS) is 1. The number of pyridine rings is 1. The van der Waals surface area contributed by atoms with Gasteiger partial charge in [-0.1, -0.05) is 55.8 Å². The van der Waals surface area contributed by atoms with Crippen LogP contribution in [-0.4, -0.2) is 77.3 Å². The van der Waals surface area contributed by atoms with Crippen LogP contribution in [0.3, 0.4) is 0 Å². The van der Waals surface area contributed by atoms with Gasteiger partial charge < -0.3 is 25.0 Å². The van der Waals surface area contributed by atoms with Crippen LogP contribution in [0.25, 0.3) is 11.1 Å². The molecule has 2 fully saturated rings. The Hall–Kier alpha value is -3.17. The van der Waals surface area contributed by atoms with E-state index in [1.165, 1.54) is 22.3 Å². The summed E-state index contributed by atoms with van der Waals surface area (Å²) in [6, 6.07) is 13.3. The van der Waals surface area contributed by atoms with E-state index in [9.17, 15) is 9.90 Å². The molecule has 2 aromatic carbocycles. The van der Waals surface area contributed by atoms with E-state index in [0.717, 1.165) is 106 Å². The zero-order chi connectivity index (χ0) is 36.7. The number of likely N-dealkylation sites (tertiary alicyclic amines) is 1. The molecule has 3 aromatic rings. The minimum atomic E-state index is -1.15. The van der Waals surface area contributed by atoms with Gasteiger partial charge >= 0.3 is 5.97 Å². The summed E-state index contributed by atoms with van der Waals surface area (Å²) in [5, 5.41) is 15.5. The molecule has 0 unspecified atom stereocenters. The molecular formula is C42H58ClN5O3. The van der Waals surface area contributed by atoms with Gasteiger partial charge in [0.05, 0.1) is 11.3 Å². The van der Waals surface area contributed by atoms with Crippen LogP contribution in [0.2, 0.25) is 5.02 Å². The number of aliphatic carboxylic acids is 1. The van der Waals surface area contributed by atoms with Crippen molar-refractivity contribution in [3.8, 4) is 11.1 Å². The Morgan fingerprint density at radius 3 is 2.41 bits per heavy atom. The standard InChI is InChI=1S/C42H58ClN5O3/c1-27-10-9-11-34(43)33(27)26-47-21-14-29-24-30(12-13-31(29)25-47)36-37(48-22-17-42(6,7)18-23-48)35(38(40(49)50)51-41(3,4)5)28(2)44-39(36)45-32-15-19-46(8)20-16-32/h9-13,24,32,38H,14-23,25-26H2,1-8H3,(H,44,45)(H,49,50)/t38-/m0/s1. The number of nitrogens with one attached hydrogen (secondary N) is 1. The van der Waals surface area contributed by atoms with Crippen LogP contribution in [0.4, 0.5) is 11.5 Å². The first-order valence-corrected chi connectivity index (χ1v) is 19.2. The van der Waals surface area contributed by atoms with Crippen molar-refractivity contribution in [1.29, 1.82) is 0 Å². The first kappa shape index (κ1) is 37.6. The second-order valence-electron chi connectivity index (χ2n) is 17.0. The fourth-order valence-corrected chi connectivity index (χ4v) is 8.26. The quantitative estimate of drug-likeness (QED) is 0.228. The highest BCUT2D eigenvalue weighted by Gasteiger charge is 2.37. The fourth-order valence-electron chi connectivity index (χ4n) is 7.98. The van der Waals surface area contributed by atoms with E-state index in [2.05, 4.69) is 72.1 Å². The number of piperidine rings is 2. The molecule has 0 amide bonds. The maximum absolute atomic E-state index is 13.1. The Labute approximate surface area is 310 Å². The first-order chi connectivity index (χ1) is 24.1. The minimum absolute atomic E-state index is 0.225. The van der Waals surface area contributed by atoms with E-state index < -0.39 is 17.7 Å². The highest BCUT2D eigenvalue weighted by molar-refractivity contribution is 6.31. The lowest BCUT2D eigenvalue weighted by atomic mass is 9.81. The van der Waals surface area contributed by atoms with E-state index in [0.29, 0.717) is 11.3 Å². The SMILES string of the molecule is Cc1cccc(Cl)c1CN1CCc2cc(-c3c(NC4CCN(C)CC4)nc(C)c([C@H](OC(C)(C)C)C(=O)O)c3N3CCC(C)(C)CC3)ccc2C1. The Balaban J connectivity index is 1.47.